The van der Waals surface area contributed by atoms with Gasteiger partial charge in [0.05, 0.1) is 12.7 Å². The zero-order chi connectivity index (χ0) is 22.7. The van der Waals surface area contributed by atoms with E-state index in [0.29, 0.717) is 21.7 Å². The lowest BCUT2D eigenvalue weighted by Gasteiger charge is -2.18. The Kier molecular flexibility index (Phi) is 6.50. The number of ether oxygens (including phenoxy) is 1. The van der Waals surface area contributed by atoms with Crippen LogP contribution in [0.2, 0.25) is 5.02 Å². The molecule has 3 aromatic rings. The summed E-state index contributed by atoms with van der Waals surface area (Å²) in [5, 5.41) is 14.1. The number of hydrogen-bond donors (Lipinski definition) is 1. The molecule has 31 heavy (non-hydrogen) atoms. The number of nitrogens with zero attached hydrogens (tertiary/aromatic N) is 2. The fraction of sp³-hybridized carbons (Fsp3) is 0.182. The molecule has 1 atom stereocenters. The summed E-state index contributed by atoms with van der Waals surface area (Å²) in [5.41, 5.74) is 0.670. The van der Waals surface area contributed by atoms with Crippen LogP contribution in [0, 0.1) is 5.82 Å². The van der Waals surface area contributed by atoms with Gasteiger partial charge in [0, 0.05) is 23.1 Å². The van der Waals surface area contributed by atoms with Crippen LogP contribution < -0.4 is 10.3 Å². The average molecular weight is 445 g/mol. The van der Waals surface area contributed by atoms with Gasteiger partial charge in [0.2, 0.25) is 5.88 Å². The van der Waals surface area contributed by atoms with E-state index >= 15 is 0 Å². The number of benzene rings is 2. The van der Waals surface area contributed by atoms with Gasteiger partial charge >= 0.3 is 5.97 Å². The Morgan fingerprint density at radius 3 is 2.42 bits per heavy atom. The van der Waals surface area contributed by atoms with Crippen LogP contribution in [0.15, 0.2) is 53.3 Å². The number of ketones is 1. The second-order valence-corrected chi connectivity index (χ2v) is 7.22. The first-order valence-electron chi connectivity index (χ1n) is 9.17. The summed E-state index contributed by atoms with van der Waals surface area (Å²) < 4.78 is 19.3. The number of aromatic nitrogens is 2. The number of carboxylic acids is 1. The van der Waals surface area contributed by atoms with Crippen molar-refractivity contribution in [3.05, 3.63) is 80.9 Å². The van der Waals surface area contributed by atoms with E-state index in [0.717, 1.165) is 10.7 Å². The highest BCUT2D eigenvalue weighted by Crippen LogP contribution is 2.32. The topological polar surface area (TPSA) is 98.5 Å². The van der Waals surface area contributed by atoms with Crippen molar-refractivity contribution in [2.24, 2.45) is 0 Å². The molecule has 0 amide bonds. The van der Waals surface area contributed by atoms with E-state index in [2.05, 4.69) is 5.10 Å². The number of Topliss-reactive ketones (excluding diaryl/α,β-unsaturated/α-hetero) is 1. The fourth-order valence-corrected chi connectivity index (χ4v) is 3.36. The maximum absolute atomic E-state index is 13.2. The minimum absolute atomic E-state index is 0.0466. The van der Waals surface area contributed by atoms with Crippen molar-refractivity contribution in [3.8, 4) is 17.0 Å². The molecular weight excluding hydrogens is 427 g/mol. The fourth-order valence-electron chi connectivity index (χ4n) is 3.19. The third-order valence-electron chi connectivity index (χ3n) is 4.69. The average Bonchev–Trinajstić information content (AvgIpc) is 2.73. The Hall–Kier alpha value is -3.52. The van der Waals surface area contributed by atoms with Gasteiger partial charge in [-0.15, -0.1) is 5.10 Å². The van der Waals surface area contributed by atoms with Crippen LogP contribution >= 0.6 is 11.6 Å². The third-order valence-corrected chi connectivity index (χ3v) is 4.92. The van der Waals surface area contributed by atoms with Gasteiger partial charge in [-0.1, -0.05) is 23.7 Å². The molecule has 9 heteroatoms. The van der Waals surface area contributed by atoms with Crippen molar-refractivity contribution in [2.75, 3.05) is 7.11 Å². The largest absolute Gasteiger partial charge is 0.480 e. The Morgan fingerprint density at radius 2 is 1.84 bits per heavy atom. The number of halogens is 2. The molecule has 0 aliphatic heterocycles. The second kappa shape index (κ2) is 9.09. The molecule has 0 bridgehead atoms. The van der Waals surface area contributed by atoms with Crippen molar-refractivity contribution in [3.63, 3.8) is 0 Å². The normalized spacial score (nSPS) is 11.7. The zero-order valence-electron chi connectivity index (χ0n) is 16.6. The number of carboxylic acid groups (broad SMARTS) is 1. The van der Waals surface area contributed by atoms with E-state index < -0.39 is 23.4 Å². The Balaban J connectivity index is 2.13. The highest BCUT2D eigenvalue weighted by atomic mass is 35.5. The number of aliphatic carboxylic acids is 1. The third kappa shape index (κ3) is 4.80. The minimum Gasteiger partial charge on any atom is -0.480 e. The predicted octanol–water partition coefficient (Wildman–Crippen LogP) is 3.78. The first-order chi connectivity index (χ1) is 14.7. The molecule has 0 aliphatic rings. The molecule has 1 heterocycles. The smallest absolute Gasteiger partial charge is 0.329 e. The Labute approximate surface area is 181 Å². The first-order valence-corrected chi connectivity index (χ1v) is 9.55. The van der Waals surface area contributed by atoms with E-state index in [-0.39, 0.29) is 23.6 Å². The van der Waals surface area contributed by atoms with Crippen molar-refractivity contribution in [1.29, 1.82) is 0 Å². The molecule has 7 nitrogen and oxygen atoms in total. The summed E-state index contributed by atoms with van der Waals surface area (Å²) in [6.45, 7) is 1.37. The molecule has 0 saturated heterocycles. The molecule has 0 saturated carbocycles. The standard InChI is InChI=1S/C22H18ClFN2O5/c1-12(27)16-8-5-14(23)10-17(16)18-11-20(28)26(25-21(18)31-2)19(22(29)30)9-13-3-6-15(24)7-4-13/h3-8,10-11,19H,9H2,1-2H3,(H,29,30). The molecule has 0 aliphatic carbocycles. The monoisotopic (exact) mass is 444 g/mol. The van der Waals surface area contributed by atoms with Crippen LogP contribution in [-0.4, -0.2) is 33.7 Å². The minimum atomic E-state index is -1.35. The van der Waals surface area contributed by atoms with E-state index in [9.17, 15) is 23.9 Å². The molecule has 0 fully saturated rings. The highest BCUT2D eigenvalue weighted by Gasteiger charge is 2.25. The number of hydrogen-bond acceptors (Lipinski definition) is 5. The molecule has 160 valence electrons. The number of carbonyl (C=O) groups is 2. The number of methoxy groups -OCH3 is 1. The van der Waals surface area contributed by atoms with Crippen LogP contribution in [0.3, 0.4) is 0 Å². The van der Waals surface area contributed by atoms with Crippen molar-refractivity contribution < 1.29 is 23.8 Å². The van der Waals surface area contributed by atoms with Gasteiger partial charge in [-0.25, -0.2) is 13.9 Å². The van der Waals surface area contributed by atoms with Crippen LogP contribution in [0.1, 0.15) is 28.9 Å². The molecule has 0 radical (unpaired) electrons. The van der Waals surface area contributed by atoms with Gasteiger partial charge in [0.1, 0.15) is 5.82 Å². The predicted molar refractivity (Wildman–Crippen MR) is 112 cm³/mol. The summed E-state index contributed by atoms with van der Waals surface area (Å²) in [7, 11) is 1.31. The van der Waals surface area contributed by atoms with E-state index in [1.807, 2.05) is 0 Å². The van der Waals surface area contributed by atoms with Crippen LogP contribution in [0.5, 0.6) is 5.88 Å². The van der Waals surface area contributed by atoms with Gasteiger partial charge in [0.15, 0.2) is 11.8 Å². The molecule has 1 aromatic heterocycles. The molecule has 1 N–H and O–H groups in total. The van der Waals surface area contributed by atoms with Crippen LogP contribution in [0.25, 0.3) is 11.1 Å². The van der Waals surface area contributed by atoms with Gasteiger partial charge in [-0.05, 0) is 48.4 Å². The molecule has 0 spiro atoms. The maximum Gasteiger partial charge on any atom is 0.329 e. The zero-order valence-corrected chi connectivity index (χ0v) is 17.4. The lowest BCUT2D eigenvalue weighted by molar-refractivity contribution is -0.141. The number of rotatable bonds is 7. The molecule has 1 unspecified atom stereocenters. The summed E-state index contributed by atoms with van der Waals surface area (Å²) in [6.07, 6.45) is -0.0963. The van der Waals surface area contributed by atoms with Crippen molar-refractivity contribution in [1.82, 2.24) is 9.78 Å². The van der Waals surface area contributed by atoms with Gasteiger partial charge < -0.3 is 9.84 Å². The summed E-state index contributed by atoms with van der Waals surface area (Å²) >= 11 is 6.07. The Morgan fingerprint density at radius 1 is 1.16 bits per heavy atom. The second-order valence-electron chi connectivity index (χ2n) is 6.78. The maximum atomic E-state index is 13.2. The lowest BCUT2D eigenvalue weighted by atomic mass is 9.98. The summed E-state index contributed by atoms with van der Waals surface area (Å²) in [4.78, 5) is 36.8. The quantitative estimate of drug-likeness (QED) is 0.557. The van der Waals surface area contributed by atoms with Crippen molar-refractivity contribution in [2.45, 2.75) is 19.4 Å². The molecule has 3 rings (SSSR count). The Bertz CT molecular complexity index is 1210. The molecular formula is C22H18ClFN2O5. The number of carbonyl (C=O) groups excluding carboxylic acids is 1. The first kappa shape index (κ1) is 22.2. The van der Waals surface area contributed by atoms with Crippen molar-refractivity contribution >= 4 is 23.4 Å². The SMILES string of the molecule is COc1nn(C(Cc2ccc(F)cc2)C(=O)O)c(=O)cc1-c1cc(Cl)ccc1C(C)=O. The lowest BCUT2D eigenvalue weighted by Crippen LogP contribution is -2.33. The van der Waals surface area contributed by atoms with E-state index in [1.54, 1.807) is 6.07 Å². The van der Waals surface area contributed by atoms with Crippen LogP contribution in [-0.2, 0) is 11.2 Å². The van der Waals surface area contributed by atoms with Crippen LogP contribution in [0.4, 0.5) is 4.39 Å². The summed E-state index contributed by atoms with van der Waals surface area (Å²) in [5.74, 6) is -2.05. The molecule has 2 aromatic carbocycles. The van der Waals surface area contributed by atoms with Gasteiger partial charge in [-0.3, -0.25) is 9.59 Å². The van der Waals surface area contributed by atoms with E-state index in [4.69, 9.17) is 16.3 Å². The van der Waals surface area contributed by atoms with Gasteiger partial charge in [-0.2, -0.15) is 0 Å². The highest BCUT2D eigenvalue weighted by molar-refractivity contribution is 6.31. The van der Waals surface area contributed by atoms with Gasteiger partial charge in [0.25, 0.3) is 5.56 Å². The van der Waals surface area contributed by atoms with E-state index in [1.165, 1.54) is 50.4 Å². The summed E-state index contributed by atoms with van der Waals surface area (Å²) in [6, 6.07) is 9.67.